The van der Waals surface area contributed by atoms with E-state index in [1.807, 2.05) is 6.92 Å². The summed E-state index contributed by atoms with van der Waals surface area (Å²) in [7, 11) is 0. The molecule has 0 saturated carbocycles. The van der Waals surface area contributed by atoms with Crippen LogP contribution in [0.25, 0.3) is 0 Å². The molecule has 2 unspecified atom stereocenters. The number of nitrogens with one attached hydrogen (secondary N) is 2. The average molecular weight is 142 g/mol. The molecule has 1 fully saturated rings. The molecule has 2 atom stereocenters. The van der Waals surface area contributed by atoms with Gasteiger partial charge in [0.15, 0.2) is 0 Å². The van der Waals surface area contributed by atoms with Gasteiger partial charge in [0.25, 0.3) is 0 Å². The summed E-state index contributed by atoms with van der Waals surface area (Å²) in [6, 6.07) is 0.822. The summed E-state index contributed by atoms with van der Waals surface area (Å²) < 4.78 is 0. The minimum Gasteiger partial charge on any atom is -0.351 e. The molecule has 3 heteroatoms. The Balaban J connectivity index is 2.19. The van der Waals surface area contributed by atoms with Crippen LogP contribution in [0.1, 0.15) is 20.3 Å². The molecule has 0 aliphatic carbocycles. The van der Waals surface area contributed by atoms with E-state index < -0.39 is 0 Å². The topological polar surface area (TPSA) is 41.1 Å². The van der Waals surface area contributed by atoms with Crippen molar-refractivity contribution in [2.75, 3.05) is 6.54 Å². The number of rotatable bonds is 2. The average Bonchev–Trinajstić information content (AvgIpc) is 1.96. The molecule has 1 aliphatic rings. The van der Waals surface area contributed by atoms with Crippen molar-refractivity contribution in [2.24, 2.45) is 0 Å². The zero-order valence-electron chi connectivity index (χ0n) is 6.48. The molecule has 3 nitrogen and oxygen atoms in total. The minimum atomic E-state index is 0.151. The summed E-state index contributed by atoms with van der Waals surface area (Å²) in [5.74, 6) is 0.151. The highest BCUT2D eigenvalue weighted by molar-refractivity contribution is 5.76. The van der Waals surface area contributed by atoms with Crippen LogP contribution in [0.3, 0.4) is 0 Å². The van der Waals surface area contributed by atoms with E-state index >= 15 is 0 Å². The first-order valence-electron chi connectivity index (χ1n) is 3.76. The third kappa shape index (κ3) is 1.48. The molecule has 1 heterocycles. The highest BCUT2D eigenvalue weighted by Crippen LogP contribution is 2.01. The van der Waals surface area contributed by atoms with Crippen LogP contribution in [-0.4, -0.2) is 24.5 Å². The van der Waals surface area contributed by atoms with E-state index in [0.717, 1.165) is 6.54 Å². The van der Waals surface area contributed by atoms with E-state index in [9.17, 15) is 4.79 Å². The lowest BCUT2D eigenvalue weighted by atomic mass is 10.0. The van der Waals surface area contributed by atoms with Gasteiger partial charge < -0.3 is 10.6 Å². The first-order valence-corrected chi connectivity index (χ1v) is 3.76. The molecular weight excluding hydrogens is 128 g/mol. The maximum atomic E-state index is 10.8. The van der Waals surface area contributed by atoms with Crippen molar-refractivity contribution in [3.63, 3.8) is 0 Å². The smallest absolute Gasteiger partial charge is 0.220 e. The molecule has 1 amide bonds. The predicted molar refractivity (Wildman–Crippen MR) is 39.7 cm³/mol. The van der Waals surface area contributed by atoms with Gasteiger partial charge in [0, 0.05) is 19.0 Å². The predicted octanol–water partition coefficient (Wildman–Crippen LogP) is -0.127. The Bertz CT molecular complexity index is 136. The van der Waals surface area contributed by atoms with E-state index in [4.69, 9.17) is 0 Å². The molecule has 1 saturated heterocycles. The fourth-order valence-electron chi connectivity index (χ4n) is 0.956. The van der Waals surface area contributed by atoms with Crippen molar-refractivity contribution in [3.05, 3.63) is 0 Å². The first-order chi connectivity index (χ1) is 4.74. The van der Waals surface area contributed by atoms with E-state index in [1.54, 1.807) is 0 Å². The minimum absolute atomic E-state index is 0.151. The van der Waals surface area contributed by atoms with Gasteiger partial charge in [-0.25, -0.2) is 0 Å². The SMILES string of the molecule is CCC(=O)NC1CNC1C. The maximum absolute atomic E-state index is 10.8. The lowest BCUT2D eigenvalue weighted by molar-refractivity contribution is -0.122. The lowest BCUT2D eigenvalue weighted by Crippen LogP contribution is -2.63. The Morgan fingerprint density at radius 3 is 2.80 bits per heavy atom. The Morgan fingerprint density at radius 1 is 1.80 bits per heavy atom. The Hall–Kier alpha value is -0.570. The summed E-state index contributed by atoms with van der Waals surface area (Å²) in [4.78, 5) is 10.8. The monoisotopic (exact) mass is 142 g/mol. The molecule has 1 rings (SSSR count). The molecule has 0 aromatic carbocycles. The van der Waals surface area contributed by atoms with Gasteiger partial charge in [0.05, 0.1) is 6.04 Å². The van der Waals surface area contributed by atoms with Gasteiger partial charge >= 0.3 is 0 Å². The van der Waals surface area contributed by atoms with Gasteiger partial charge in [-0.2, -0.15) is 0 Å². The van der Waals surface area contributed by atoms with E-state index in [0.29, 0.717) is 18.5 Å². The second kappa shape index (κ2) is 3.01. The fourth-order valence-corrected chi connectivity index (χ4v) is 0.956. The molecule has 58 valence electrons. The van der Waals surface area contributed by atoms with Crippen LogP contribution in [0.4, 0.5) is 0 Å². The molecule has 2 N–H and O–H groups in total. The molecule has 0 spiro atoms. The molecule has 1 aliphatic heterocycles. The Morgan fingerprint density at radius 2 is 2.50 bits per heavy atom. The van der Waals surface area contributed by atoms with E-state index in [1.165, 1.54) is 0 Å². The van der Waals surface area contributed by atoms with Crippen molar-refractivity contribution >= 4 is 5.91 Å². The largest absolute Gasteiger partial charge is 0.351 e. The summed E-state index contributed by atoms with van der Waals surface area (Å²) in [6.07, 6.45) is 0.587. The van der Waals surface area contributed by atoms with Gasteiger partial charge in [-0.3, -0.25) is 4.79 Å². The molecule has 0 radical (unpaired) electrons. The van der Waals surface area contributed by atoms with E-state index in [-0.39, 0.29) is 5.91 Å². The van der Waals surface area contributed by atoms with Crippen LogP contribution in [0.15, 0.2) is 0 Å². The normalized spacial score (nSPS) is 31.0. The van der Waals surface area contributed by atoms with Crippen molar-refractivity contribution in [2.45, 2.75) is 32.4 Å². The number of carbonyl (C=O) groups excluding carboxylic acids is 1. The number of carbonyl (C=O) groups is 1. The third-order valence-electron chi connectivity index (χ3n) is 1.93. The van der Waals surface area contributed by atoms with Gasteiger partial charge in [-0.1, -0.05) is 6.92 Å². The zero-order valence-corrected chi connectivity index (χ0v) is 6.48. The molecule has 0 aromatic rings. The number of amides is 1. The molecule has 0 bridgehead atoms. The van der Waals surface area contributed by atoms with Gasteiger partial charge in [0.2, 0.25) is 5.91 Å². The number of hydrogen-bond acceptors (Lipinski definition) is 2. The Kier molecular flexibility index (Phi) is 2.27. The third-order valence-corrected chi connectivity index (χ3v) is 1.93. The quantitative estimate of drug-likeness (QED) is 0.564. The van der Waals surface area contributed by atoms with Gasteiger partial charge in [-0.05, 0) is 6.92 Å². The summed E-state index contributed by atoms with van der Waals surface area (Å²) in [6.45, 7) is 4.86. The molecule has 10 heavy (non-hydrogen) atoms. The highest BCUT2D eigenvalue weighted by atomic mass is 16.1. The summed E-state index contributed by atoms with van der Waals surface area (Å²) in [5, 5.41) is 6.09. The highest BCUT2D eigenvalue weighted by Gasteiger charge is 2.26. The van der Waals surface area contributed by atoms with Crippen LogP contribution in [0, 0.1) is 0 Å². The second-order valence-corrected chi connectivity index (χ2v) is 2.72. The fraction of sp³-hybridized carbons (Fsp3) is 0.857. The van der Waals surface area contributed by atoms with Crippen LogP contribution >= 0.6 is 0 Å². The molecule has 0 aromatic heterocycles. The maximum Gasteiger partial charge on any atom is 0.220 e. The van der Waals surface area contributed by atoms with Gasteiger partial charge in [-0.15, -0.1) is 0 Å². The standard InChI is InChI=1S/C7H14N2O/c1-3-7(10)9-6-4-8-5(6)2/h5-6,8H,3-4H2,1-2H3,(H,9,10). The van der Waals surface area contributed by atoms with Crippen molar-refractivity contribution in [1.29, 1.82) is 0 Å². The lowest BCUT2D eigenvalue weighted by Gasteiger charge is -2.35. The van der Waals surface area contributed by atoms with Crippen LogP contribution in [0.2, 0.25) is 0 Å². The first kappa shape index (κ1) is 7.54. The van der Waals surface area contributed by atoms with Crippen LogP contribution in [-0.2, 0) is 4.79 Å². The van der Waals surface area contributed by atoms with Crippen LogP contribution < -0.4 is 10.6 Å². The van der Waals surface area contributed by atoms with Crippen molar-refractivity contribution in [1.82, 2.24) is 10.6 Å². The molecular formula is C7H14N2O. The number of hydrogen-bond donors (Lipinski definition) is 2. The van der Waals surface area contributed by atoms with Crippen LogP contribution in [0.5, 0.6) is 0 Å². The second-order valence-electron chi connectivity index (χ2n) is 2.72. The van der Waals surface area contributed by atoms with Crippen molar-refractivity contribution in [3.8, 4) is 0 Å². The summed E-state index contributed by atoms with van der Waals surface area (Å²) in [5.41, 5.74) is 0. The van der Waals surface area contributed by atoms with E-state index in [2.05, 4.69) is 17.6 Å². The van der Waals surface area contributed by atoms with Gasteiger partial charge in [0.1, 0.15) is 0 Å². The zero-order chi connectivity index (χ0) is 7.56. The Labute approximate surface area is 61.2 Å². The van der Waals surface area contributed by atoms with Crippen molar-refractivity contribution < 1.29 is 4.79 Å². The summed E-state index contributed by atoms with van der Waals surface area (Å²) >= 11 is 0.